The molecule has 0 bridgehead atoms. The maximum atomic E-state index is 13.3. The lowest BCUT2D eigenvalue weighted by molar-refractivity contribution is 0.0902. The van der Waals surface area contributed by atoms with E-state index in [4.69, 9.17) is 9.88 Å². The van der Waals surface area contributed by atoms with Crippen LogP contribution in [0, 0.1) is 0 Å². The third-order valence-corrected chi connectivity index (χ3v) is 6.82. The molecule has 0 spiro atoms. The Morgan fingerprint density at radius 2 is 1.70 bits per heavy atom. The molecule has 0 atom stereocenters. The lowest BCUT2D eigenvalue weighted by Crippen LogP contribution is -2.40. The van der Waals surface area contributed by atoms with Gasteiger partial charge in [0.2, 0.25) is 16.0 Å². The van der Waals surface area contributed by atoms with Gasteiger partial charge in [0.15, 0.2) is 11.2 Å². The van der Waals surface area contributed by atoms with Crippen LogP contribution in [0.4, 0.5) is 5.95 Å². The number of aryl methyl sites for hydroxylation is 1. The molecule has 1 aromatic carbocycles. The number of fused-ring (bicyclic) bond motifs is 1. The van der Waals surface area contributed by atoms with Crippen LogP contribution in [0.15, 0.2) is 38.8 Å². The van der Waals surface area contributed by atoms with Crippen LogP contribution >= 0.6 is 0 Å². The number of aromatic nitrogens is 4. The summed E-state index contributed by atoms with van der Waals surface area (Å²) in [7, 11) is -3.81. The van der Waals surface area contributed by atoms with Crippen molar-refractivity contribution in [3.8, 4) is 0 Å². The fourth-order valence-corrected chi connectivity index (χ4v) is 4.63. The number of benzene rings is 1. The standard InChI is InChI=1S/C21H28N6O5S/c1-3-25-18-17(19(28)26(4-2)21(25)29)27(20(24-18)23-15-9-11-32-12-10-15)13-14-5-7-16(8-6-14)33(22,30)31/h5-8,15H,3-4,9-13H2,1-2H3,(H,23,24)(H2,22,30,31). The number of ether oxygens (including phenoxy) is 1. The van der Waals surface area contributed by atoms with Crippen LogP contribution in [-0.2, 0) is 34.4 Å². The predicted molar refractivity (Wildman–Crippen MR) is 124 cm³/mol. The fraction of sp³-hybridized carbons (Fsp3) is 0.476. The van der Waals surface area contributed by atoms with Gasteiger partial charge in [-0.25, -0.2) is 18.4 Å². The van der Waals surface area contributed by atoms with Crippen LogP contribution in [0.5, 0.6) is 0 Å². The minimum Gasteiger partial charge on any atom is -0.381 e. The first-order valence-corrected chi connectivity index (χ1v) is 12.5. The molecule has 0 radical (unpaired) electrons. The molecule has 1 aliphatic heterocycles. The highest BCUT2D eigenvalue weighted by Crippen LogP contribution is 2.22. The van der Waals surface area contributed by atoms with Gasteiger partial charge < -0.3 is 10.1 Å². The number of anilines is 1. The summed E-state index contributed by atoms with van der Waals surface area (Å²) in [6, 6.07) is 6.29. The van der Waals surface area contributed by atoms with Gasteiger partial charge in [-0.1, -0.05) is 12.1 Å². The maximum Gasteiger partial charge on any atom is 0.332 e. The molecule has 3 aromatic rings. The molecule has 33 heavy (non-hydrogen) atoms. The second-order valence-electron chi connectivity index (χ2n) is 7.99. The van der Waals surface area contributed by atoms with Gasteiger partial charge >= 0.3 is 5.69 Å². The predicted octanol–water partition coefficient (Wildman–Crippen LogP) is 0.686. The number of rotatable bonds is 7. The molecular weight excluding hydrogens is 448 g/mol. The van der Waals surface area contributed by atoms with Crippen LogP contribution in [-0.4, -0.2) is 46.4 Å². The summed E-state index contributed by atoms with van der Waals surface area (Å²) in [5, 5.41) is 8.63. The van der Waals surface area contributed by atoms with E-state index in [0.717, 1.165) is 18.4 Å². The topological polar surface area (TPSA) is 143 Å². The van der Waals surface area contributed by atoms with Gasteiger partial charge in [0, 0.05) is 32.3 Å². The second kappa shape index (κ2) is 9.12. The Morgan fingerprint density at radius 3 is 2.27 bits per heavy atom. The number of imidazole rings is 1. The van der Waals surface area contributed by atoms with Crippen molar-refractivity contribution in [1.29, 1.82) is 0 Å². The number of hydrogen-bond acceptors (Lipinski definition) is 7. The minimum absolute atomic E-state index is 0.00968. The minimum atomic E-state index is -3.81. The molecule has 0 unspecified atom stereocenters. The monoisotopic (exact) mass is 476 g/mol. The van der Waals surface area contributed by atoms with Gasteiger partial charge in [-0.05, 0) is 44.4 Å². The van der Waals surface area contributed by atoms with Gasteiger partial charge in [-0.3, -0.25) is 18.5 Å². The Balaban J connectivity index is 1.88. The third kappa shape index (κ3) is 4.45. The molecule has 4 rings (SSSR count). The first-order chi connectivity index (χ1) is 15.7. The first kappa shape index (κ1) is 23.2. The second-order valence-corrected chi connectivity index (χ2v) is 9.55. The number of sulfonamides is 1. The molecule has 1 fully saturated rings. The lowest BCUT2D eigenvalue weighted by atomic mass is 10.1. The van der Waals surface area contributed by atoms with Gasteiger partial charge in [0.25, 0.3) is 5.56 Å². The number of nitrogens with one attached hydrogen (secondary N) is 1. The summed E-state index contributed by atoms with van der Waals surface area (Å²) >= 11 is 0. The summed E-state index contributed by atoms with van der Waals surface area (Å²) in [5.74, 6) is 0.486. The van der Waals surface area contributed by atoms with Crippen molar-refractivity contribution < 1.29 is 13.2 Å². The van der Waals surface area contributed by atoms with Crippen LogP contribution < -0.4 is 21.7 Å². The molecule has 0 aliphatic carbocycles. The van der Waals surface area contributed by atoms with E-state index >= 15 is 0 Å². The average Bonchev–Trinajstić information content (AvgIpc) is 3.12. The highest BCUT2D eigenvalue weighted by atomic mass is 32.2. The van der Waals surface area contributed by atoms with Crippen molar-refractivity contribution in [1.82, 2.24) is 18.7 Å². The average molecular weight is 477 g/mol. The SMILES string of the molecule is CCn1c(=O)c2c(nc(NC3CCOCC3)n2Cc2ccc(S(N)(=O)=O)cc2)n(CC)c1=O. The summed E-state index contributed by atoms with van der Waals surface area (Å²) in [4.78, 5) is 30.8. The van der Waals surface area contributed by atoms with Crippen molar-refractivity contribution in [2.24, 2.45) is 5.14 Å². The van der Waals surface area contributed by atoms with Gasteiger partial charge in [-0.15, -0.1) is 0 Å². The molecule has 11 nitrogen and oxygen atoms in total. The van der Waals surface area contributed by atoms with Gasteiger partial charge in [0.1, 0.15) is 0 Å². The molecule has 1 aliphatic rings. The quantitative estimate of drug-likeness (QED) is 0.510. The Hall–Kier alpha value is -2.96. The number of hydrogen-bond donors (Lipinski definition) is 2. The fourth-order valence-electron chi connectivity index (χ4n) is 4.11. The van der Waals surface area contributed by atoms with E-state index in [1.165, 1.54) is 21.3 Å². The van der Waals surface area contributed by atoms with Crippen molar-refractivity contribution in [3.05, 3.63) is 50.7 Å². The number of nitrogens with two attached hydrogens (primary N) is 1. The molecule has 2 aromatic heterocycles. The zero-order valence-corrected chi connectivity index (χ0v) is 19.5. The molecular formula is C21H28N6O5S. The highest BCUT2D eigenvalue weighted by Gasteiger charge is 2.23. The Bertz CT molecular complexity index is 1380. The van der Waals surface area contributed by atoms with Crippen LogP contribution in [0.2, 0.25) is 0 Å². The van der Waals surface area contributed by atoms with Crippen LogP contribution in [0.25, 0.3) is 11.2 Å². The van der Waals surface area contributed by atoms with Crippen LogP contribution in [0.3, 0.4) is 0 Å². The first-order valence-electron chi connectivity index (χ1n) is 10.9. The summed E-state index contributed by atoms with van der Waals surface area (Å²) in [6.07, 6.45) is 1.60. The van der Waals surface area contributed by atoms with Crippen molar-refractivity contribution in [3.63, 3.8) is 0 Å². The zero-order valence-electron chi connectivity index (χ0n) is 18.7. The molecule has 0 saturated carbocycles. The molecule has 178 valence electrons. The summed E-state index contributed by atoms with van der Waals surface area (Å²) in [6.45, 7) is 5.72. The molecule has 3 N–H and O–H groups in total. The third-order valence-electron chi connectivity index (χ3n) is 5.89. The zero-order chi connectivity index (χ0) is 23.8. The summed E-state index contributed by atoms with van der Waals surface area (Å²) in [5.41, 5.74) is 0.609. The van der Waals surface area contributed by atoms with Gasteiger partial charge in [-0.2, -0.15) is 4.98 Å². The number of primary sulfonamides is 1. The van der Waals surface area contributed by atoms with E-state index in [1.807, 2.05) is 6.92 Å². The van der Waals surface area contributed by atoms with E-state index in [9.17, 15) is 18.0 Å². The smallest absolute Gasteiger partial charge is 0.332 e. The van der Waals surface area contributed by atoms with Crippen LogP contribution in [0.1, 0.15) is 32.3 Å². The van der Waals surface area contributed by atoms with E-state index in [1.54, 1.807) is 23.6 Å². The summed E-state index contributed by atoms with van der Waals surface area (Å²) < 4.78 is 33.1. The van der Waals surface area contributed by atoms with E-state index < -0.39 is 21.3 Å². The van der Waals surface area contributed by atoms with Crippen molar-refractivity contribution >= 4 is 27.1 Å². The highest BCUT2D eigenvalue weighted by molar-refractivity contribution is 7.89. The van der Waals surface area contributed by atoms with E-state index in [-0.39, 0.29) is 24.0 Å². The largest absolute Gasteiger partial charge is 0.381 e. The molecule has 0 amide bonds. The van der Waals surface area contributed by atoms with E-state index in [2.05, 4.69) is 10.3 Å². The van der Waals surface area contributed by atoms with E-state index in [0.29, 0.717) is 36.9 Å². The Kier molecular flexibility index (Phi) is 6.41. The van der Waals surface area contributed by atoms with Gasteiger partial charge in [0.05, 0.1) is 11.4 Å². The molecule has 1 saturated heterocycles. The molecule has 12 heteroatoms. The normalized spacial score (nSPS) is 15.2. The van der Waals surface area contributed by atoms with Crippen molar-refractivity contribution in [2.75, 3.05) is 18.5 Å². The van der Waals surface area contributed by atoms with Crippen molar-refractivity contribution in [2.45, 2.75) is 57.3 Å². The number of nitrogens with zero attached hydrogens (tertiary/aromatic N) is 4. The molecule has 3 heterocycles. The Morgan fingerprint density at radius 1 is 1.06 bits per heavy atom. The maximum absolute atomic E-state index is 13.3. The Labute approximate surface area is 190 Å². The lowest BCUT2D eigenvalue weighted by Gasteiger charge is -2.24.